The van der Waals surface area contributed by atoms with Crippen LogP contribution in [0.2, 0.25) is 0 Å². The second-order valence-electron chi connectivity index (χ2n) is 7.54. The molecule has 1 N–H and O–H groups in total. The second kappa shape index (κ2) is 9.50. The van der Waals surface area contributed by atoms with Crippen molar-refractivity contribution in [1.29, 1.82) is 0 Å². The van der Waals surface area contributed by atoms with Crippen molar-refractivity contribution in [1.82, 2.24) is 5.32 Å². The molecule has 0 unspecified atom stereocenters. The summed E-state index contributed by atoms with van der Waals surface area (Å²) in [6, 6.07) is 16.0. The summed E-state index contributed by atoms with van der Waals surface area (Å²) in [6.07, 6.45) is 1.74. The molecular formula is C24H30N2O3. The number of benzene rings is 2. The number of nitrogens with zero attached hydrogens (tertiary/aromatic N) is 1. The van der Waals surface area contributed by atoms with Gasteiger partial charge in [-0.05, 0) is 67.9 Å². The van der Waals surface area contributed by atoms with Crippen molar-refractivity contribution >= 4 is 17.3 Å². The summed E-state index contributed by atoms with van der Waals surface area (Å²) < 4.78 is 11.9. The van der Waals surface area contributed by atoms with Crippen molar-refractivity contribution in [2.24, 2.45) is 0 Å². The minimum Gasteiger partial charge on any atom is -0.491 e. The average molecular weight is 395 g/mol. The van der Waals surface area contributed by atoms with Crippen LogP contribution in [0.25, 0.3) is 5.70 Å². The molecule has 1 aliphatic rings. The van der Waals surface area contributed by atoms with Crippen LogP contribution in [0.15, 0.2) is 55.1 Å². The zero-order valence-corrected chi connectivity index (χ0v) is 17.5. The van der Waals surface area contributed by atoms with E-state index in [1.165, 1.54) is 5.69 Å². The second-order valence-corrected chi connectivity index (χ2v) is 7.54. The molecule has 0 aromatic heterocycles. The molecule has 0 saturated carbocycles. The molecule has 1 fully saturated rings. The van der Waals surface area contributed by atoms with Gasteiger partial charge in [0, 0.05) is 30.8 Å². The molecule has 3 rings (SSSR count). The maximum absolute atomic E-state index is 11.5. The molecule has 5 heteroatoms. The van der Waals surface area contributed by atoms with Gasteiger partial charge in [0.05, 0.1) is 12.6 Å². The van der Waals surface area contributed by atoms with E-state index in [1.807, 2.05) is 57.2 Å². The monoisotopic (exact) mass is 394 g/mol. The molecule has 5 nitrogen and oxygen atoms in total. The Kier molecular flexibility index (Phi) is 6.81. The predicted molar refractivity (Wildman–Crippen MR) is 117 cm³/mol. The lowest BCUT2D eigenvalue weighted by Gasteiger charge is -2.20. The molecule has 1 heterocycles. The van der Waals surface area contributed by atoms with Gasteiger partial charge < -0.3 is 19.7 Å². The lowest BCUT2D eigenvalue weighted by atomic mass is 10.1. The fourth-order valence-corrected chi connectivity index (χ4v) is 3.32. The van der Waals surface area contributed by atoms with Gasteiger partial charge in [0.15, 0.2) is 0 Å². The van der Waals surface area contributed by atoms with Gasteiger partial charge in [-0.15, -0.1) is 0 Å². The summed E-state index contributed by atoms with van der Waals surface area (Å²) in [5, 5.41) is 2.79. The van der Waals surface area contributed by atoms with Crippen molar-refractivity contribution in [2.75, 3.05) is 18.0 Å². The molecule has 1 saturated heterocycles. The highest BCUT2D eigenvalue weighted by Gasteiger charge is 2.24. The Labute approximate surface area is 173 Å². The highest BCUT2D eigenvalue weighted by molar-refractivity contribution is 5.85. The van der Waals surface area contributed by atoms with Gasteiger partial charge in [0.25, 0.3) is 0 Å². The molecule has 1 atom stereocenters. The summed E-state index contributed by atoms with van der Waals surface area (Å²) in [5.41, 5.74) is 2.68. The van der Waals surface area contributed by atoms with E-state index in [4.69, 9.17) is 9.47 Å². The van der Waals surface area contributed by atoms with Crippen molar-refractivity contribution < 1.29 is 14.3 Å². The molecular weight excluding hydrogens is 364 g/mol. The van der Waals surface area contributed by atoms with Crippen molar-refractivity contribution in [3.63, 3.8) is 0 Å². The molecule has 29 heavy (non-hydrogen) atoms. The first-order valence-corrected chi connectivity index (χ1v) is 10.2. The third kappa shape index (κ3) is 5.76. The van der Waals surface area contributed by atoms with E-state index >= 15 is 0 Å². The first kappa shape index (κ1) is 20.8. The Hall–Kier alpha value is -2.95. The SMILES string of the molecule is C=C(NC(=O)CC)c1ccc(O[C@@H]2CCN(c3ccc(OC(C)C)cc3)C2)cc1. The van der Waals surface area contributed by atoms with Gasteiger partial charge >= 0.3 is 0 Å². The molecule has 1 aliphatic heterocycles. The van der Waals surface area contributed by atoms with E-state index in [9.17, 15) is 4.79 Å². The molecule has 2 aromatic carbocycles. The number of carbonyl (C=O) groups is 1. The number of nitrogens with one attached hydrogen (secondary N) is 1. The van der Waals surface area contributed by atoms with Crippen LogP contribution in [0.3, 0.4) is 0 Å². The van der Waals surface area contributed by atoms with Crippen LogP contribution >= 0.6 is 0 Å². The fourth-order valence-electron chi connectivity index (χ4n) is 3.32. The van der Waals surface area contributed by atoms with E-state index in [0.29, 0.717) is 12.1 Å². The molecule has 0 radical (unpaired) electrons. The number of ether oxygens (including phenoxy) is 2. The van der Waals surface area contributed by atoms with Crippen molar-refractivity contribution in [3.05, 3.63) is 60.7 Å². The van der Waals surface area contributed by atoms with Crippen LogP contribution in [0.4, 0.5) is 5.69 Å². The van der Waals surface area contributed by atoms with Crippen LogP contribution < -0.4 is 19.7 Å². The largest absolute Gasteiger partial charge is 0.491 e. The molecule has 0 spiro atoms. The van der Waals surface area contributed by atoms with Crippen LogP contribution in [-0.4, -0.2) is 31.2 Å². The van der Waals surface area contributed by atoms with Gasteiger partial charge in [-0.1, -0.05) is 13.5 Å². The zero-order valence-electron chi connectivity index (χ0n) is 17.5. The first-order chi connectivity index (χ1) is 13.9. The van der Waals surface area contributed by atoms with E-state index in [2.05, 4.69) is 28.9 Å². The maximum atomic E-state index is 11.5. The number of carbonyl (C=O) groups excluding carboxylic acids is 1. The summed E-state index contributed by atoms with van der Waals surface area (Å²) >= 11 is 0. The molecule has 154 valence electrons. The van der Waals surface area contributed by atoms with Gasteiger partial charge in [-0.3, -0.25) is 4.79 Å². The summed E-state index contributed by atoms with van der Waals surface area (Å²) in [6.45, 7) is 11.6. The maximum Gasteiger partial charge on any atom is 0.224 e. The Morgan fingerprint density at radius 3 is 2.41 bits per heavy atom. The third-order valence-corrected chi connectivity index (χ3v) is 4.84. The summed E-state index contributed by atoms with van der Waals surface area (Å²) in [7, 11) is 0. The van der Waals surface area contributed by atoms with Crippen molar-refractivity contribution in [3.8, 4) is 11.5 Å². The van der Waals surface area contributed by atoms with Crippen LogP contribution in [0.1, 0.15) is 39.2 Å². The van der Waals surface area contributed by atoms with Crippen molar-refractivity contribution in [2.45, 2.75) is 45.8 Å². The first-order valence-electron chi connectivity index (χ1n) is 10.2. The highest BCUT2D eigenvalue weighted by Crippen LogP contribution is 2.26. The summed E-state index contributed by atoms with van der Waals surface area (Å²) in [5.74, 6) is 1.69. The Balaban J connectivity index is 1.53. The van der Waals surface area contributed by atoms with Crippen LogP contribution in [0, 0.1) is 0 Å². The zero-order chi connectivity index (χ0) is 20.8. The smallest absolute Gasteiger partial charge is 0.224 e. The highest BCUT2D eigenvalue weighted by atomic mass is 16.5. The normalized spacial score (nSPS) is 16.0. The van der Waals surface area contributed by atoms with Gasteiger partial charge in [0.1, 0.15) is 17.6 Å². The quantitative estimate of drug-likeness (QED) is 0.709. The molecule has 1 amide bonds. The third-order valence-electron chi connectivity index (χ3n) is 4.84. The Bertz CT molecular complexity index is 828. The topological polar surface area (TPSA) is 50.8 Å². The average Bonchev–Trinajstić information content (AvgIpc) is 3.17. The predicted octanol–water partition coefficient (Wildman–Crippen LogP) is 4.63. The number of anilines is 1. The van der Waals surface area contributed by atoms with Gasteiger partial charge in [-0.2, -0.15) is 0 Å². The van der Waals surface area contributed by atoms with Gasteiger partial charge in [0.2, 0.25) is 5.91 Å². The number of hydrogen-bond acceptors (Lipinski definition) is 4. The molecule has 0 bridgehead atoms. The van der Waals surface area contributed by atoms with Gasteiger partial charge in [-0.25, -0.2) is 0 Å². The number of rotatable bonds is 8. The molecule has 2 aromatic rings. The Morgan fingerprint density at radius 2 is 1.79 bits per heavy atom. The fraction of sp³-hybridized carbons (Fsp3) is 0.375. The van der Waals surface area contributed by atoms with E-state index in [1.54, 1.807) is 0 Å². The lowest BCUT2D eigenvalue weighted by molar-refractivity contribution is -0.119. The number of hydrogen-bond donors (Lipinski definition) is 1. The van der Waals surface area contributed by atoms with Crippen LogP contribution in [-0.2, 0) is 4.79 Å². The molecule has 0 aliphatic carbocycles. The van der Waals surface area contributed by atoms with E-state index in [0.717, 1.165) is 36.6 Å². The van der Waals surface area contributed by atoms with Crippen LogP contribution in [0.5, 0.6) is 11.5 Å². The Morgan fingerprint density at radius 1 is 1.14 bits per heavy atom. The van der Waals surface area contributed by atoms with E-state index < -0.39 is 0 Å². The number of amides is 1. The standard InChI is InChI=1S/C24H30N2O3/c1-5-24(27)25-18(4)19-6-10-22(11-7-19)29-23-14-15-26(16-23)20-8-12-21(13-9-20)28-17(2)3/h6-13,17,23H,4-5,14-16H2,1-3H3,(H,25,27)/t23-/m1/s1. The minimum atomic E-state index is -0.0369. The van der Waals surface area contributed by atoms with E-state index in [-0.39, 0.29) is 18.1 Å². The minimum absolute atomic E-state index is 0.0369. The lowest BCUT2D eigenvalue weighted by Crippen LogP contribution is -2.24. The summed E-state index contributed by atoms with van der Waals surface area (Å²) in [4.78, 5) is 13.8.